The van der Waals surface area contributed by atoms with Crippen molar-refractivity contribution in [2.75, 3.05) is 7.11 Å². The minimum Gasteiger partial charge on any atom is -0.481 e. The van der Waals surface area contributed by atoms with Gasteiger partial charge in [-0.25, -0.2) is 14.4 Å². The van der Waals surface area contributed by atoms with E-state index in [-0.39, 0.29) is 5.82 Å². The van der Waals surface area contributed by atoms with Crippen molar-refractivity contribution >= 4 is 21.4 Å². The highest BCUT2D eigenvalue weighted by Gasteiger charge is 2.14. The molecular weight excluding hydrogens is 291 g/mol. The molecule has 2 heterocycles. The molecule has 21 heavy (non-hydrogen) atoms. The zero-order valence-corrected chi connectivity index (χ0v) is 12.1. The molecule has 0 saturated carbocycles. The third kappa shape index (κ3) is 3.01. The molecule has 1 atom stereocenters. The smallest absolute Gasteiger partial charge is 0.216 e. The molecule has 0 saturated heterocycles. The first-order chi connectivity index (χ1) is 10.2. The van der Waals surface area contributed by atoms with Crippen molar-refractivity contribution in [2.24, 2.45) is 0 Å². The number of methoxy groups -OCH3 is 1. The van der Waals surface area contributed by atoms with Gasteiger partial charge in [0.05, 0.1) is 18.9 Å². The van der Waals surface area contributed by atoms with Gasteiger partial charge in [0.15, 0.2) is 0 Å². The molecule has 2 aromatic heterocycles. The van der Waals surface area contributed by atoms with E-state index in [9.17, 15) is 9.50 Å². The lowest BCUT2D eigenvalue weighted by Crippen LogP contribution is -2.02. The maximum atomic E-state index is 13.2. The predicted octanol–water partition coefficient (Wildman–Crippen LogP) is 3.12. The number of hydrogen-bond donors (Lipinski definition) is 1. The summed E-state index contributed by atoms with van der Waals surface area (Å²) in [6.07, 6.45) is 1.07. The predicted molar refractivity (Wildman–Crippen MR) is 79.0 cm³/mol. The van der Waals surface area contributed by atoms with Gasteiger partial charge in [0.25, 0.3) is 0 Å². The molecular formula is C15H13FN2O2S. The Hall–Kier alpha value is -2.05. The Bertz CT molecular complexity index is 775. The number of rotatable bonds is 4. The minimum absolute atomic E-state index is 0.272. The van der Waals surface area contributed by atoms with Crippen molar-refractivity contribution in [2.45, 2.75) is 12.5 Å². The highest BCUT2D eigenvalue weighted by Crippen LogP contribution is 2.31. The Morgan fingerprint density at radius 2 is 2.14 bits per heavy atom. The normalized spacial score (nSPS) is 12.5. The van der Waals surface area contributed by atoms with Crippen LogP contribution < -0.4 is 4.74 Å². The molecule has 0 fully saturated rings. The number of benzene rings is 1. The molecule has 3 rings (SSSR count). The third-order valence-electron chi connectivity index (χ3n) is 3.14. The molecule has 1 N–H and O–H groups in total. The molecule has 0 spiro atoms. The summed E-state index contributed by atoms with van der Waals surface area (Å²) < 4.78 is 19.0. The Morgan fingerprint density at radius 3 is 2.95 bits per heavy atom. The van der Waals surface area contributed by atoms with Crippen LogP contribution in [0.15, 0.2) is 36.7 Å². The second-order valence-electron chi connectivity index (χ2n) is 4.60. The Morgan fingerprint density at radius 1 is 1.29 bits per heavy atom. The molecule has 3 aromatic rings. The molecule has 0 aliphatic heterocycles. The Kier molecular flexibility index (Phi) is 3.81. The van der Waals surface area contributed by atoms with Gasteiger partial charge in [0, 0.05) is 22.1 Å². The van der Waals surface area contributed by atoms with Crippen LogP contribution in [0.1, 0.15) is 16.7 Å². The van der Waals surface area contributed by atoms with Gasteiger partial charge in [-0.2, -0.15) is 0 Å². The molecule has 6 heteroatoms. The molecule has 108 valence electrons. The van der Waals surface area contributed by atoms with E-state index >= 15 is 0 Å². The second-order valence-corrected chi connectivity index (χ2v) is 5.72. The Balaban J connectivity index is 1.84. The van der Waals surface area contributed by atoms with Crippen LogP contribution in [0.25, 0.3) is 10.1 Å². The monoisotopic (exact) mass is 304 g/mol. The lowest BCUT2D eigenvalue weighted by Gasteiger charge is -2.08. The summed E-state index contributed by atoms with van der Waals surface area (Å²) in [6.45, 7) is 0. The highest BCUT2D eigenvalue weighted by atomic mass is 32.1. The fourth-order valence-corrected chi connectivity index (χ4v) is 3.16. The van der Waals surface area contributed by atoms with Crippen LogP contribution in [0, 0.1) is 5.82 Å². The van der Waals surface area contributed by atoms with Crippen LogP contribution in [0.2, 0.25) is 0 Å². The van der Waals surface area contributed by atoms with E-state index in [0.29, 0.717) is 18.0 Å². The van der Waals surface area contributed by atoms with Crippen LogP contribution in [0.3, 0.4) is 0 Å². The SMILES string of the molecule is COc1cc(CC(O)c2cc3ccc(F)cc3s2)ncn1. The number of hydrogen-bond acceptors (Lipinski definition) is 5. The lowest BCUT2D eigenvalue weighted by molar-refractivity contribution is 0.181. The first-order valence-electron chi connectivity index (χ1n) is 6.37. The van der Waals surface area contributed by atoms with Gasteiger partial charge in [0.2, 0.25) is 5.88 Å². The summed E-state index contributed by atoms with van der Waals surface area (Å²) in [6, 6.07) is 8.17. The lowest BCUT2D eigenvalue weighted by atomic mass is 10.1. The minimum atomic E-state index is -0.690. The van der Waals surface area contributed by atoms with E-state index in [1.54, 1.807) is 12.1 Å². The van der Waals surface area contributed by atoms with Crippen LogP contribution in [-0.2, 0) is 6.42 Å². The molecule has 0 radical (unpaired) electrons. The number of fused-ring (bicyclic) bond motifs is 1. The van der Waals surface area contributed by atoms with Crippen molar-refractivity contribution in [3.05, 3.63) is 53.0 Å². The summed E-state index contributed by atoms with van der Waals surface area (Å²) in [7, 11) is 1.53. The van der Waals surface area contributed by atoms with E-state index in [2.05, 4.69) is 9.97 Å². The third-order valence-corrected chi connectivity index (χ3v) is 4.34. The zero-order valence-electron chi connectivity index (χ0n) is 11.3. The molecule has 0 amide bonds. The van der Waals surface area contributed by atoms with E-state index in [4.69, 9.17) is 4.74 Å². The maximum Gasteiger partial charge on any atom is 0.216 e. The van der Waals surface area contributed by atoms with Crippen LogP contribution in [0.5, 0.6) is 5.88 Å². The standard InChI is InChI=1S/C15H13FN2O2S/c1-20-15-7-11(17-8-18-15)6-12(19)14-4-9-2-3-10(16)5-13(9)21-14/h2-5,7-8,12,19H,6H2,1H3. The number of halogens is 1. The molecule has 0 aliphatic rings. The molecule has 0 aliphatic carbocycles. The van der Waals surface area contributed by atoms with Crippen molar-refractivity contribution < 1.29 is 14.2 Å². The van der Waals surface area contributed by atoms with Crippen molar-refractivity contribution in [3.63, 3.8) is 0 Å². The number of aromatic nitrogens is 2. The zero-order chi connectivity index (χ0) is 14.8. The van der Waals surface area contributed by atoms with E-state index < -0.39 is 6.10 Å². The van der Waals surface area contributed by atoms with Crippen LogP contribution >= 0.6 is 11.3 Å². The summed E-state index contributed by atoms with van der Waals surface area (Å²) in [5.74, 6) is 0.191. The first-order valence-corrected chi connectivity index (χ1v) is 7.19. The van der Waals surface area contributed by atoms with Gasteiger partial charge >= 0.3 is 0 Å². The van der Waals surface area contributed by atoms with Gasteiger partial charge in [-0.1, -0.05) is 6.07 Å². The van der Waals surface area contributed by atoms with Crippen molar-refractivity contribution in [1.29, 1.82) is 0 Å². The van der Waals surface area contributed by atoms with Crippen LogP contribution in [-0.4, -0.2) is 22.2 Å². The van der Waals surface area contributed by atoms with Crippen molar-refractivity contribution in [3.8, 4) is 5.88 Å². The van der Waals surface area contributed by atoms with Crippen LogP contribution in [0.4, 0.5) is 4.39 Å². The molecule has 1 unspecified atom stereocenters. The first kappa shape index (κ1) is 13.9. The highest BCUT2D eigenvalue weighted by molar-refractivity contribution is 7.19. The quantitative estimate of drug-likeness (QED) is 0.804. The molecule has 4 nitrogen and oxygen atoms in total. The number of aliphatic hydroxyl groups excluding tert-OH is 1. The Labute approximate surface area is 124 Å². The fraction of sp³-hybridized carbons (Fsp3) is 0.200. The number of aliphatic hydroxyl groups is 1. The maximum absolute atomic E-state index is 13.2. The summed E-state index contributed by atoms with van der Waals surface area (Å²) in [4.78, 5) is 8.83. The largest absolute Gasteiger partial charge is 0.481 e. The van der Waals surface area contributed by atoms with Gasteiger partial charge in [-0.15, -0.1) is 11.3 Å². The topological polar surface area (TPSA) is 55.2 Å². The van der Waals surface area contributed by atoms with Gasteiger partial charge < -0.3 is 9.84 Å². The molecule has 1 aromatic carbocycles. The summed E-state index contributed by atoms with van der Waals surface area (Å²) >= 11 is 1.38. The average Bonchev–Trinajstić information content (AvgIpc) is 2.90. The van der Waals surface area contributed by atoms with Gasteiger partial charge in [-0.3, -0.25) is 0 Å². The van der Waals surface area contributed by atoms with Gasteiger partial charge in [0.1, 0.15) is 12.1 Å². The van der Waals surface area contributed by atoms with E-state index in [1.165, 1.54) is 36.9 Å². The average molecular weight is 304 g/mol. The number of ether oxygens (including phenoxy) is 1. The molecule has 0 bridgehead atoms. The number of thiophene rings is 1. The summed E-state index contributed by atoms with van der Waals surface area (Å²) in [5, 5.41) is 11.2. The van der Waals surface area contributed by atoms with Gasteiger partial charge in [-0.05, 0) is 23.6 Å². The summed E-state index contributed by atoms with van der Waals surface area (Å²) in [5.41, 5.74) is 0.693. The number of nitrogens with zero attached hydrogens (tertiary/aromatic N) is 2. The van der Waals surface area contributed by atoms with E-state index in [1.807, 2.05) is 6.07 Å². The second kappa shape index (κ2) is 5.75. The van der Waals surface area contributed by atoms with E-state index in [0.717, 1.165) is 15.0 Å². The fourth-order valence-electron chi connectivity index (χ4n) is 2.09. The van der Waals surface area contributed by atoms with Crippen molar-refractivity contribution in [1.82, 2.24) is 9.97 Å².